The summed E-state index contributed by atoms with van der Waals surface area (Å²) in [6, 6.07) is 3.62. The van der Waals surface area contributed by atoms with E-state index < -0.39 is 17.8 Å². The summed E-state index contributed by atoms with van der Waals surface area (Å²) in [6.07, 6.45) is -0.283. The van der Waals surface area contributed by atoms with Crippen LogP contribution < -0.4 is 5.32 Å². The second kappa shape index (κ2) is 3.79. The van der Waals surface area contributed by atoms with Crippen LogP contribution in [0.15, 0.2) is 22.7 Å². The second-order valence-corrected chi connectivity index (χ2v) is 4.51. The molecule has 1 nitrogen and oxygen atoms in total. The normalized spacial score (nSPS) is 24.4. The SMILES string of the molecule is Fc1ccc(Br)c(C2CC(F)(F)CN2)c1. The van der Waals surface area contributed by atoms with Crippen LogP contribution in [0.2, 0.25) is 0 Å². The summed E-state index contributed by atoms with van der Waals surface area (Å²) in [5, 5.41) is 2.68. The Morgan fingerprint density at radius 1 is 1.40 bits per heavy atom. The van der Waals surface area contributed by atoms with Crippen LogP contribution in [0.1, 0.15) is 18.0 Å². The van der Waals surface area contributed by atoms with E-state index in [0.717, 1.165) is 0 Å². The Bertz CT molecular complexity index is 381. The molecule has 82 valence electrons. The molecule has 0 amide bonds. The van der Waals surface area contributed by atoms with Crippen molar-refractivity contribution >= 4 is 15.9 Å². The molecule has 1 aromatic carbocycles. The smallest absolute Gasteiger partial charge is 0.262 e. The molecule has 1 unspecified atom stereocenters. The van der Waals surface area contributed by atoms with E-state index in [4.69, 9.17) is 0 Å². The number of halogens is 4. The van der Waals surface area contributed by atoms with Gasteiger partial charge < -0.3 is 5.32 Å². The van der Waals surface area contributed by atoms with Crippen LogP contribution >= 0.6 is 15.9 Å². The lowest BCUT2D eigenvalue weighted by molar-refractivity contribution is 0.0210. The van der Waals surface area contributed by atoms with Crippen molar-refractivity contribution in [2.45, 2.75) is 18.4 Å². The highest BCUT2D eigenvalue weighted by Gasteiger charge is 2.40. The Morgan fingerprint density at radius 2 is 2.13 bits per heavy atom. The van der Waals surface area contributed by atoms with Gasteiger partial charge in [-0.05, 0) is 23.8 Å². The van der Waals surface area contributed by atoms with E-state index in [1.54, 1.807) is 0 Å². The maximum absolute atomic E-state index is 13.0. The Labute approximate surface area is 93.8 Å². The summed E-state index contributed by atoms with van der Waals surface area (Å²) in [5.74, 6) is -3.11. The Balaban J connectivity index is 2.27. The van der Waals surface area contributed by atoms with Gasteiger partial charge >= 0.3 is 0 Å². The van der Waals surface area contributed by atoms with Gasteiger partial charge in [0.2, 0.25) is 0 Å². The highest BCUT2D eigenvalue weighted by atomic mass is 79.9. The van der Waals surface area contributed by atoms with Crippen LogP contribution in [0, 0.1) is 5.82 Å². The lowest BCUT2D eigenvalue weighted by Gasteiger charge is -2.12. The topological polar surface area (TPSA) is 12.0 Å². The molecule has 0 aromatic heterocycles. The van der Waals surface area contributed by atoms with Gasteiger partial charge in [0.05, 0.1) is 6.54 Å². The first-order chi connectivity index (χ1) is 6.98. The molecule has 15 heavy (non-hydrogen) atoms. The highest BCUT2D eigenvalue weighted by Crippen LogP contribution is 2.36. The molecule has 0 spiro atoms. The summed E-state index contributed by atoms with van der Waals surface area (Å²) in [4.78, 5) is 0. The lowest BCUT2D eigenvalue weighted by Crippen LogP contribution is -2.19. The van der Waals surface area contributed by atoms with Crippen LogP contribution in [0.25, 0.3) is 0 Å². The number of benzene rings is 1. The van der Waals surface area contributed by atoms with E-state index in [9.17, 15) is 13.2 Å². The molecule has 0 aliphatic carbocycles. The molecule has 1 aliphatic rings. The third-order valence-electron chi connectivity index (χ3n) is 2.44. The van der Waals surface area contributed by atoms with Crippen molar-refractivity contribution in [3.8, 4) is 0 Å². The van der Waals surface area contributed by atoms with Crippen molar-refractivity contribution in [2.75, 3.05) is 6.54 Å². The van der Waals surface area contributed by atoms with Gasteiger partial charge in [0, 0.05) is 16.9 Å². The molecule has 1 saturated heterocycles. The average molecular weight is 280 g/mol. The standard InChI is InChI=1S/C10H9BrF3N/c11-8-2-1-6(12)3-7(8)9-4-10(13,14)5-15-9/h1-3,9,15H,4-5H2. The van der Waals surface area contributed by atoms with Crippen LogP contribution in [-0.2, 0) is 0 Å². The van der Waals surface area contributed by atoms with Gasteiger partial charge in [-0.1, -0.05) is 15.9 Å². The van der Waals surface area contributed by atoms with Crippen LogP contribution in [0.4, 0.5) is 13.2 Å². The summed E-state index contributed by atoms with van der Waals surface area (Å²) < 4.78 is 39.5. The molecule has 1 fully saturated rings. The first-order valence-electron chi connectivity index (χ1n) is 4.54. The van der Waals surface area contributed by atoms with E-state index in [-0.39, 0.29) is 13.0 Å². The van der Waals surface area contributed by atoms with E-state index in [1.165, 1.54) is 18.2 Å². The second-order valence-electron chi connectivity index (χ2n) is 3.66. The predicted octanol–water partition coefficient (Wildman–Crippen LogP) is 3.26. The van der Waals surface area contributed by atoms with E-state index in [0.29, 0.717) is 10.0 Å². The number of hydrogen-bond acceptors (Lipinski definition) is 1. The summed E-state index contributed by atoms with van der Waals surface area (Å²) in [6.45, 7) is -0.347. The van der Waals surface area contributed by atoms with Crippen molar-refractivity contribution in [1.29, 1.82) is 0 Å². The molecule has 1 aromatic rings. The fourth-order valence-corrected chi connectivity index (χ4v) is 2.24. The lowest BCUT2D eigenvalue weighted by atomic mass is 10.0. The van der Waals surface area contributed by atoms with Gasteiger partial charge in [-0.3, -0.25) is 0 Å². The average Bonchev–Trinajstić information content (AvgIpc) is 2.50. The van der Waals surface area contributed by atoms with Gasteiger partial charge in [-0.2, -0.15) is 0 Å². The summed E-state index contributed by atoms with van der Waals surface area (Å²) >= 11 is 3.23. The van der Waals surface area contributed by atoms with Gasteiger partial charge in [0.1, 0.15) is 5.82 Å². The first-order valence-corrected chi connectivity index (χ1v) is 5.33. The third kappa shape index (κ3) is 2.34. The number of nitrogens with one attached hydrogen (secondary N) is 1. The minimum Gasteiger partial charge on any atom is -0.304 e. The van der Waals surface area contributed by atoms with Crippen molar-refractivity contribution in [3.63, 3.8) is 0 Å². The van der Waals surface area contributed by atoms with Crippen molar-refractivity contribution in [2.24, 2.45) is 0 Å². The van der Waals surface area contributed by atoms with Crippen molar-refractivity contribution in [1.82, 2.24) is 5.32 Å². The molecular formula is C10H9BrF3N. The maximum atomic E-state index is 13.0. The molecule has 1 N–H and O–H groups in total. The fraction of sp³-hybridized carbons (Fsp3) is 0.400. The molecule has 5 heteroatoms. The number of hydrogen-bond donors (Lipinski definition) is 1. The zero-order chi connectivity index (χ0) is 11.1. The quantitative estimate of drug-likeness (QED) is 0.832. The maximum Gasteiger partial charge on any atom is 0.262 e. The Morgan fingerprint density at radius 3 is 2.73 bits per heavy atom. The van der Waals surface area contributed by atoms with E-state index >= 15 is 0 Å². The Kier molecular flexibility index (Phi) is 2.77. The summed E-state index contributed by atoms with van der Waals surface area (Å²) in [7, 11) is 0. The van der Waals surface area contributed by atoms with Gasteiger partial charge in [-0.15, -0.1) is 0 Å². The first kappa shape index (κ1) is 11.0. The predicted molar refractivity (Wildman–Crippen MR) is 54.4 cm³/mol. The van der Waals surface area contributed by atoms with Gasteiger partial charge in [0.25, 0.3) is 5.92 Å². The molecule has 1 heterocycles. The van der Waals surface area contributed by atoms with E-state index in [1.807, 2.05) is 0 Å². The van der Waals surface area contributed by atoms with Crippen molar-refractivity contribution in [3.05, 3.63) is 34.1 Å². The molecule has 0 bridgehead atoms. The van der Waals surface area contributed by atoms with E-state index in [2.05, 4.69) is 21.2 Å². The number of rotatable bonds is 1. The van der Waals surface area contributed by atoms with Gasteiger partial charge in [0.15, 0.2) is 0 Å². The Hall–Kier alpha value is -0.550. The minimum absolute atomic E-state index is 0.283. The largest absolute Gasteiger partial charge is 0.304 e. The molecule has 1 atom stereocenters. The zero-order valence-electron chi connectivity index (χ0n) is 7.74. The van der Waals surface area contributed by atoms with Crippen molar-refractivity contribution < 1.29 is 13.2 Å². The molecule has 0 saturated carbocycles. The fourth-order valence-electron chi connectivity index (χ4n) is 1.72. The molecule has 0 radical (unpaired) electrons. The zero-order valence-corrected chi connectivity index (χ0v) is 9.32. The van der Waals surface area contributed by atoms with Crippen LogP contribution in [-0.4, -0.2) is 12.5 Å². The monoisotopic (exact) mass is 279 g/mol. The molecule has 2 rings (SSSR count). The molecule has 1 aliphatic heterocycles. The molecular weight excluding hydrogens is 271 g/mol. The number of alkyl halides is 2. The van der Waals surface area contributed by atoms with Crippen LogP contribution in [0.5, 0.6) is 0 Å². The third-order valence-corrected chi connectivity index (χ3v) is 3.17. The highest BCUT2D eigenvalue weighted by molar-refractivity contribution is 9.10. The van der Waals surface area contributed by atoms with Crippen LogP contribution in [0.3, 0.4) is 0 Å². The minimum atomic E-state index is -2.70. The summed E-state index contributed by atoms with van der Waals surface area (Å²) in [5.41, 5.74) is 0.548. The van der Waals surface area contributed by atoms with Gasteiger partial charge in [-0.25, -0.2) is 13.2 Å².